The van der Waals surface area contributed by atoms with Gasteiger partial charge < -0.3 is 24.3 Å². The van der Waals surface area contributed by atoms with Gasteiger partial charge in [0, 0.05) is 29.6 Å². The molecule has 0 radical (unpaired) electrons. The van der Waals surface area contributed by atoms with E-state index in [1.54, 1.807) is 12.1 Å². The van der Waals surface area contributed by atoms with Crippen molar-refractivity contribution < 1.29 is 28.6 Å². The Morgan fingerprint density at radius 2 is 1.59 bits per heavy atom. The van der Waals surface area contributed by atoms with Gasteiger partial charge in [-0.3, -0.25) is 9.69 Å². The lowest BCUT2D eigenvalue weighted by Crippen LogP contribution is -2.32. The second-order valence-electron chi connectivity index (χ2n) is 12.5. The molecule has 1 aromatic heterocycles. The van der Waals surface area contributed by atoms with Crippen molar-refractivity contribution in [1.29, 1.82) is 0 Å². The topological polar surface area (TPSA) is 101 Å². The molecule has 8 nitrogen and oxygen atoms in total. The van der Waals surface area contributed by atoms with Gasteiger partial charge in [0.1, 0.15) is 29.3 Å². The summed E-state index contributed by atoms with van der Waals surface area (Å²) in [5.41, 5.74) is 5.67. The fourth-order valence-corrected chi connectivity index (χ4v) is 5.31. The number of rotatable bonds is 12. The Kier molecular flexibility index (Phi) is 10.1. The van der Waals surface area contributed by atoms with E-state index in [2.05, 4.69) is 41.5 Å². The van der Waals surface area contributed by atoms with Crippen LogP contribution in [0.3, 0.4) is 0 Å². The molecule has 0 spiro atoms. The molecule has 1 heterocycles. The lowest BCUT2D eigenvalue weighted by Gasteiger charge is -2.19. The zero-order valence-electron chi connectivity index (χ0n) is 26.7. The van der Waals surface area contributed by atoms with Gasteiger partial charge in [0.2, 0.25) is 0 Å². The predicted octanol–water partition coefficient (Wildman–Crippen LogP) is 7.96. The number of ether oxygens (including phenoxy) is 2. The van der Waals surface area contributed by atoms with Crippen LogP contribution in [0, 0.1) is 0 Å². The molecule has 1 amide bonds. The number of furan rings is 1. The van der Waals surface area contributed by atoms with Crippen LogP contribution in [0.4, 0.5) is 4.79 Å². The van der Waals surface area contributed by atoms with E-state index in [9.17, 15) is 14.7 Å². The quantitative estimate of drug-likeness (QED) is 0.146. The number of benzene rings is 4. The highest BCUT2D eigenvalue weighted by atomic mass is 16.6. The van der Waals surface area contributed by atoms with Gasteiger partial charge in [0.05, 0.1) is 13.0 Å². The van der Waals surface area contributed by atoms with Crippen molar-refractivity contribution in [3.63, 3.8) is 0 Å². The van der Waals surface area contributed by atoms with Crippen LogP contribution in [-0.2, 0) is 42.2 Å². The minimum Gasteiger partial charge on any atom is -0.489 e. The molecule has 8 heteroatoms. The number of carboxylic acid groups (broad SMARTS) is 1. The summed E-state index contributed by atoms with van der Waals surface area (Å²) in [5.74, 6) is 0.462. The summed E-state index contributed by atoms with van der Waals surface area (Å²) in [6, 6.07) is 31.6. The first kappa shape index (κ1) is 32.3. The third-order valence-corrected chi connectivity index (χ3v) is 7.23. The van der Waals surface area contributed by atoms with E-state index in [0.29, 0.717) is 24.4 Å². The molecular formula is C38H40N2O6. The molecular weight excluding hydrogens is 580 g/mol. The molecule has 4 aromatic carbocycles. The van der Waals surface area contributed by atoms with Crippen LogP contribution in [0.5, 0.6) is 5.75 Å². The van der Waals surface area contributed by atoms with Gasteiger partial charge in [0.15, 0.2) is 0 Å². The number of hydrogen-bond donors (Lipinski definition) is 2. The average molecular weight is 621 g/mol. The molecule has 0 atom stereocenters. The molecule has 238 valence electrons. The summed E-state index contributed by atoms with van der Waals surface area (Å²) in [6.07, 6.45) is -0.593. The van der Waals surface area contributed by atoms with E-state index in [4.69, 9.17) is 13.9 Å². The molecule has 0 unspecified atom stereocenters. The number of alkyl carbamates (subject to hydrolysis) is 1. The van der Waals surface area contributed by atoms with Gasteiger partial charge >= 0.3 is 12.1 Å². The van der Waals surface area contributed by atoms with Crippen molar-refractivity contribution in [3.8, 4) is 16.9 Å². The number of carbonyl (C=O) groups excluding carboxylic acids is 1. The van der Waals surface area contributed by atoms with Crippen LogP contribution in [0.2, 0.25) is 0 Å². The molecule has 0 bridgehead atoms. The highest BCUT2D eigenvalue weighted by Gasteiger charge is 2.17. The molecule has 0 aliphatic rings. The molecule has 46 heavy (non-hydrogen) atoms. The zero-order valence-corrected chi connectivity index (χ0v) is 26.7. The molecule has 0 aliphatic carbocycles. The Labute approximate surface area is 269 Å². The second kappa shape index (κ2) is 14.3. The average Bonchev–Trinajstić information content (AvgIpc) is 3.40. The predicted molar refractivity (Wildman–Crippen MR) is 178 cm³/mol. The Balaban J connectivity index is 1.44. The van der Waals surface area contributed by atoms with Crippen LogP contribution in [0.25, 0.3) is 22.1 Å². The molecule has 0 saturated heterocycles. The molecule has 0 aliphatic heterocycles. The van der Waals surface area contributed by atoms with Crippen LogP contribution in [0.1, 0.15) is 48.8 Å². The number of fused-ring (bicyclic) bond motifs is 1. The van der Waals surface area contributed by atoms with Crippen LogP contribution >= 0.6 is 0 Å². The van der Waals surface area contributed by atoms with Crippen molar-refractivity contribution in [2.24, 2.45) is 0 Å². The standard InChI is InChI=1S/C38H40N2O6/c1-38(2,3)46-37(43)39-22-27-13-10-15-29(17-27)33-19-28(25-44-34-16-9-8-14-30(34)21-35(41)42)18-31-20-32(45-36(31)33)24-40(4)23-26-11-6-5-7-12-26/h5-20H,21-25H2,1-4H3,(H,39,43)(H,41,42). The van der Waals surface area contributed by atoms with Crippen LogP contribution in [-0.4, -0.2) is 34.7 Å². The highest BCUT2D eigenvalue weighted by Crippen LogP contribution is 2.34. The van der Waals surface area contributed by atoms with E-state index in [1.807, 2.05) is 81.4 Å². The summed E-state index contributed by atoms with van der Waals surface area (Å²) in [4.78, 5) is 25.9. The van der Waals surface area contributed by atoms with E-state index in [-0.39, 0.29) is 13.0 Å². The summed E-state index contributed by atoms with van der Waals surface area (Å²) < 4.78 is 18.1. The van der Waals surface area contributed by atoms with Crippen molar-refractivity contribution in [3.05, 3.63) is 125 Å². The van der Waals surface area contributed by atoms with Gasteiger partial charge in [-0.05, 0) is 80.4 Å². The fraction of sp³-hybridized carbons (Fsp3) is 0.263. The Morgan fingerprint density at radius 1 is 0.848 bits per heavy atom. The van der Waals surface area contributed by atoms with Gasteiger partial charge in [0.25, 0.3) is 0 Å². The van der Waals surface area contributed by atoms with Gasteiger partial charge in [-0.2, -0.15) is 0 Å². The number of nitrogens with one attached hydrogen (secondary N) is 1. The lowest BCUT2D eigenvalue weighted by molar-refractivity contribution is -0.136. The van der Waals surface area contributed by atoms with E-state index < -0.39 is 17.7 Å². The maximum atomic E-state index is 12.3. The SMILES string of the molecule is CN(Cc1ccccc1)Cc1cc2cc(COc3ccccc3CC(=O)O)cc(-c3cccc(CNC(=O)OC(C)(C)C)c3)c2o1. The number of carboxylic acids is 1. The van der Waals surface area contributed by atoms with Crippen molar-refractivity contribution in [2.45, 2.75) is 59.0 Å². The third-order valence-electron chi connectivity index (χ3n) is 7.23. The number of carbonyl (C=O) groups is 2. The summed E-state index contributed by atoms with van der Waals surface area (Å²) in [5, 5.41) is 13.1. The number of aliphatic carboxylic acids is 1. The Hall–Kier alpha value is -5.08. The van der Waals surface area contributed by atoms with Gasteiger partial charge in [-0.15, -0.1) is 0 Å². The zero-order chi connectivity index (χ0) is 32.7. The minimum absolute atomic E-state index is 0.119. The van der Waals surface area contributed by atoms with Crippen LogP contribution < -0.4 is 10.1 Å². The minimum atomic E-state index is -0.913. The molecule has 0 fully saturated rings. The maximum Gasteiger partial charge on any atom is 0.407 e. The maximum absolute atomic E-state index is 12.3. The largest absolute Gasteiger partial charge is 0.489 e. The van der Waals surface area contributed by atoms with E-state index >= 15 is 0 Å². The summed E-state index contributed by atoms with van der Waals surface area (Å²) in [6.45, 7) is 7.45. The number of para-hydroxylation sites is 1. The summed E-state index contributed by atoms with van der Waals surface area (Å²) in [7, 11) is 2.07. The fourth-order valence-electron chi connectivity index (χ4n) is 5.31. The van der Waals surface area contributed by atoms with E-state index in [1.165, 1.54) is 5.56 Å². The van der Waals surface area contributed by atoms with Crippen molar-refractivity contribution in [2.75, 3.05) is 7.05 Å². The molecule has 0 saturated carbocycles. The molecule has 5 aromatic rings. The summed E-state index contributed by atoms with van der Waals surface area (Å²) >= 11 is 0. The van der Waals surface area contributed by atoms with Crippen molar-refractivity contribution >= 4 is 23.0 Å². The monoisotopic (exact) mass is 620 g/mol. The first-order valence-corrected chi connectivity index (χ1v) is 15.3. The molecule has 2 N–H and O–H groups in total. The number of hydrogen-bond acceptors (Lipinski definition) is 6. The Bertz CT molecular complexity index is 1810. The second-order valence-corrected chi connectivity index (χ2v) is 12.5. The van der Waals surface area contributed by atoms with Gasteiger partial charge in [-0.1, -0.05) is 66.7 Å². The number of nitrogens with zero attached hydrogens (tertiary/aromatic N) is 1. The third kappa shape index (κ3) is 8.99. The number of amides is 1. The highest BCUT2D eigenvalue weighted by molar-refractivity contribution is 5.93. The molecule has 5 rings (SSSR count). The lowest BCUT2D eigenvalue weighted by atomic mass is 9.99. The Morgan fingerprint density at radius 3 is 2.35 bits per heavy atom. The first-order chi connectivity index (χ1) is 22.0. The van der Waals surface area contributed by atoms with Crippen molar-refractivity contribution in [1.82, 2.24) is 10.2 Å². The van der Waals surface area contributed by atoms with Crippen LogP contribution in [0.15, 0.2) is 101 Å². The first-order valence-electron chi connectivity index (χ1n) is 15.3. The normalized spacial score (nSPS) is 11.5. The smallest absolute Gasteiger partial charge is 0.407 e. The van der Waals surface area contributed by atoms with Gasteiger partial charge in [-0.25, -0.2) is 4.79 Å². The van der Waals surface area contributed by atoms with E-state index in [0.717, 1.165) is 45.5 Å².